The van der Waals surface area contributed by atoms with Gasteiger partial charge in [-0.2, -0.15) is 5.26 Å². The first kappa shape index (κ1) is 20.9. The number of allylic oxidation sites excluding steroid dienone is 3. The van der Waals surface area contributed by atoms with E-state index in [9.17, 15) is 0 Å². The Kier molecular flexibility index (Phi) is 6.43. The molecule has 1 N–H and O–H groups in total. The van der Waals surface area contributed by atoms with Crippen molar-refractivity contribution in [1.29, 1.82) is 5.26 Å². The van der Waals surface area contributed by atoms with Gasteiger partial charge in [-0.1, -0.05) is 31.4 Å². The van der Waals surface area contributed by atoms with Crippen LogP contribution in [0.15, 0.2) is 36.2 Å². The van der Waals surface area contributed by atoms with Gasteiger partial charge in [-0.05, 0) is 62.7 Å². The Balaban J connectivity index is 1.42. The van der Waals surface area contributed by atoms with Crippen LogP contribution in [0.2, 0.25) is 0 Å². The van der Waals surface area contributed by atoms with Gasteiger partial charge in [0.1, 0.15) is 6.07 Å². The number of aromatic nitrogens is 1. The van der Waals surface area contributed by atoms with Gasteiger partial charge in [0.25, 0.3) is 0 Å². The molecule has 1 saturated heterocycles. The average Bonchev–Trinajstić information content (AvgIpc) is 3.24. The summed E-state index contributed by atoms with van der Waals surface area (Å²) in [5.74, 6) is 0.572. The number of pyridine rings is 1. The van der Waals surface area contributed by atoms with E-state index < -0.39 is 0 Å². The largest absolute Gasteiger partial charge is 0.494 e. The van der Waals surface area contributed by atoms with Gasteiger partial charge in [0.15, 0.2) is 11.4 Å². The van der Waals surface area contributed by atoms with Crippen molar-refractivity contribution < 1.29 is 9.47 Å². The molecule has 1 spiro atoms. The maximum atomic E-state index is 9.12. The average molecular weight is 408 g/mol. The minimum absolute atomic E-state index is 0.104. The Labute approximate surface area is 180 Å². The monoisotopic (exact) mass is 407 g/mol. The maximum absolute atomic E-state index is 9.12. The summed E-state index contributed by atoms with van der Waals surface area (Å²) in [4.78, 5) is 4.24. The van der Waals surface area contributed by atoms with Crippen molar-refractivity contribution in [2.75, 3.05) is 20.3 Å². The van der Waals surface area contributed by atoms with E-state index in [1.165, 1.54) is 44.2 Å². The molecule has 0 amide bonds. The summed E-state index contributed by atoms with van der Waals surface area (Å²) in [6, 6.07) is 4.04. The van der Waals surface area contributed by atoms with Gasteiger partial charge < -0.3 is 14.8 Å². The highest BCUT2D eigenvalue weighted by Gasteiger charge is 2.48. The molecule has 0 bridgehead atoms. The first-order valence-corrected chi connectivity index (χ1v) is 11.4. The predicted molar refractivity (Wildman–Crippen MR) is 117 cm³/mol. The standard InChI is InChI=1S/C25H33N3O2/c1-29-22-16-20(18-28-21(22)17-26)8-2-4-10-24(23-9-3-7-14-27-23)13-15-30-25(19-24)11-5-6-12-25/h3,7,9,16,18,27H,2,4-6,8,10-15,19H2,1H3/t24-/m1/s1. The second kappa shape index (κ2) is 9.22. The minimum Gasteiger partial charge on any atom is -0.494 e. The van der Waals surface area contributed by atoms with Crippen LogP contribution in [0.5, 0.6) is 5.75 Å². The Hall–Kier alpha value is -2.32. The normalized spacial score (nSPS) is 24.9. The van der Waals surface area contributed by atoms with Crippen molar-refractivity contribution in [1.82, 2.24) is 10.3 Å². The van der Waals surface area contributed by atoms with Crippen LogP contribution in [0.4, 0.5) is 0 Å². The number of nitrogens with one attached hydrogen (secondary N) is 1. The number of ether oxygens (including phenoxy) is 2. The molecular formula is C25H33N3O2. The number of aryl methyl sites for hydroxylation is 1. The van der Waals surface area contributed by atoms with Crippen LogP contribution < -0.4 is 10.1 Å². The Morgan fingerprint density at radius 1 is 1.27 bits per heavy atom. The van der Waals surface area contributed by atoms with Crippen LogP contribution in [-0.4, -0.2) is 30.8 Å². The van der Waals surface area contributed by atoms with Gasteiger partial charge >= 0.3 is 0 Å². The first-order valence-electron chi connectivity index (χ1n) is 11.4. The zero-order chi connectivity index (χ0) is 20.9. The van der Waals surface area contributed by atoms with E-state index in [1.807, 2.05) is 12.3 Å². The number of dihydropyridines is 1. The molecule has 5 heteroatoms. The third kappa shape index (κ3) is 4.39. The van der Waals surface area contributed by atoms with Crippen LogP contribution >= 0.6 is 0 Å². The third-order valence-electron chi connectivity index (χ3n) is 7.15. The van der Waals surface area contributed by atoms with Crippen LogP contribution in [0.3, 0.4) is 0 Å². The second-order valence-electron chi connectivity index (χ2n) is 9.05. The number of hydrogen-bond acceptors (Lipinski definition) is 5. The van der Waals surface area contributed by atoms with Crippen LogP contribution in [0.1, 0.15) is 69.0 Å². The highest BCUT2D eigenvalue weighted by molar-refractivity contribution is 5.39. The summed E-state index contributed by atoms with van der Waals surface area (Å²) in [7, 11) is 1.59. The summed E-state index contributed by atoms with van der Waals surface area (Å²) < 4.78 is 11.7. The third-order valence-corrected chi connectivity index (χ3v) is 7.15. The molecule has 0 radical (unpaired) electrons. The quantitative estimate of drug-likeness (QED) is 0.656. The van der Waals surface area contributed by atoms with Crippen molar-refractivity contribution in [3.63, 3.8) is 0 Å². The minimum atomic E-state index is 0.104. The lowest BCUT2D eigenvalue weighted by Crippen LogP contribution is -2.47. The summed E-state index contributed by atoms with van der Waals surface area (Å²) in [6.45, 7) is 1.80. The Morgan fingerprint density at radius 2 is 2.13 bits per heavy atom. The topological polar surface area (TPSA) is 67.2 Å². The second-order valence-corrected chi connectivity index (χ2v) is 9.05. The molecule has 1 aromatic rings. The molecule has 0 aromatic carbocycles. The van der Waals surface area contributed by atoms with E-state index >= 15 is 0 Å². The van der Waals surface area contributed by atoms with Crippen molar-refractivity contribution in [3.8, 4) is 11.8 Å². The highest BCUT2D eigenvalue weighted by atomic mass is 16.5. The molecule has 160 valence electrons. The summed E-state index contributed by atoms with van der Waals surface area (Å²) in [6.07, 6.45) is 20.2. The van der Waals surface area contributed by atoms with E-state index in [2.05, 4.69) is 34.6 Å². The number of methoxy groups -OCH3 is 1. The lowest BCUT2D eigenvalue weighted by molar-refractivity contribution is -0.116. The van der Waals surface area contributed by atoms with E-state index in [1.54, 1.807) is 7.11 Å². The van der Waals surface area contributed by atoms with Crippen molar-refractivity contribution in [3.05, 3.63) is 47.4 Å². The van der Waals surface area contributed by atoms with Crippen molar-refractivity contribution in [2.45, 2.75) is 69.8 Å². The highest BCUT2D eigenvalue weighted by Crippen LogP contribution is 2.52. The van der Waals surface area contributed by atoms with E-state index in [0.29, 0.717) is 11.4 Å². The molecule has 30 heavy (non-hydrogen) atoms. The zero-order valence-corrected chi connectivity index (χ0v) is 18.1. The molecule has 3 heterocycles. The predicted octanol–water partition coefficient (Wildman–Crippen LogP) is 4.83. The fourth-order valence-electron chi connectivity index (χ4n) is 5.62. The van der Waals surface area contributed by atoms with E-state index in [4.69, 9.17) is 14.7 Å². The molecular weight excluding hydrogens is 374 g/mol. The number of rotatable bonds is 7. The fourth-order valence-corrected chi connectivity index (χ4v) is 5.62. The van der Waals surface area contributed by atoms with Crippen LogP contribution in [0, 0.1) is 16.7 Å². The van der Waals surface area contributed by atoms with E-state index in [-0.39, 0.29) is 11.0 Å². The number of hydrogen-bond donors (Lipinski definition) is 1. The van der Waals surface area contributed by atoms with Gasteiger partial charge in [0, 0.05) is 30.5 Å². The van der Waals surface area contributed by atoms with Gasteiger partial charge in [-0.3, -0.25) is 0 Å². The van der Waals surface area contributed by atoms with Gasteiger partial charge in [0.2, 0.25) is 0 Å². The number of nitrogens with zero attached hydrogens (tertiary/aromatic N) is 2. The molecule has 1 aromatic heterocycles. The van der Waals surface area contributed by atoms with Crippen LogP contribution in [-0.2, 0) is 11.2 Å². The zero-order valence-electron chi connectivity index (χ0n) is 18.1. The molecule has 3 aliphatic rings. The Bertz CT molecular complexity index is 848. The molecule has 0 unspecified atom stereocenters. The summed E-state index contributed by atoms with van der Waals surface area (Å²) >= 11 is 0. The van der Waals surface area contributed by atoms with Gasteiger partial charge in [0.05, 0.1) is 12.7 Å². The summed E-state index contributed by atoms with van der Waals surface area (Å²) in [5.41, 5.74) is 3.21. The van der Waals surface area contributed by atoms with Crippen molar-refractivity contribution in [2.24, 2.45) is 5.41 Å². The molecule has 2 aliphatic heterocycles. The lowest BCUT2D eigenvalue weighted by Gasteiger charge is -2.48. The van der Waals surface area contributed by atoms with E-state index in [0.717, 1.165) is 44.4 Å². The smallest absolute Gasteiger partial charge is 0.182 e. The van der Waals surface area contributed by atoms with Gasteiger partial charge in [-0.25, -0.2) is 4.98 Å². The molecule has 5 nitrogen and oxygen atoms in total. The number of nitriles is 1. The molecule has 1 saturated carbocycles. The summed E-state index contributed by atoms with van der Waals surface area (Å²) in [5, 5.41) is 12.8. The van der Waals surface area contributed by atoms with Crippen LogP contribution in [0.25, 0.3) is 0 Å². The Morgan fingerprint density at radius 3 is 2.87 bits per heavy atom. The number of unbranched alkanes of at least 4 members (excludes halogenated alkanes) is 1. The molecule has 2 fully saturated rings. The molecule has 4 rings (SSSR count). The maximum Gasteiger partial charge on any atom is 0.182 e. The SMILES string of the molecule is COc1cc(CCCC[C@@]2(C3=CC=CCN3)CCOC3(CCCC3)C2)cnc1C#N. The van der Waals surface area contributed by atoms with Gasteiger partial charge in [-0.15, -0.1) is 0 Å². The lowest BCUT2D eigenvalue weighted by atomic mass is 9.66. The molecule has 1 atom stereocenters. The fraction of sp³-hybridized carbons (Fsp3) is 0.600. The first-order chi connectivity index (χ1) is 14.7. The van der Waals surface area contributed by atoms with Crippen molar-refractivity contribution >= 4 is 0 Å². The molecule has 1 aliphatic carbocycles.